The summed E-state index contributed by atoms with van der Waals surface area (Å²) < 4.78 is 12.7. The van der Waals surface area contributed by atoms with E-state index in [4.69, 9.17) is 21.1 Å². The molecule has 2 nitrogen and oxygen atoms in total. The average Bonchev–Trinajstić information content (AvgIpc) is 2.45. The summed E-state index contributed by atoms with van der Waals surface area (Å²) in [4.78, 5) is -1.20. The summed E-state index contributed by atoms with van der Waals surface area (Å²) in [6.07, 6.45) is 7.48. The summed E-state index contributed by atoms with van der Waals surface area (Å²) in [7, 11) is 3.63. The number of hydrogen-bond acceptors (Lipinski definition) is 2. The maximum absolute atomic E-state index is 6.71. The number of halogens is 1. The van der Waals surface area contributed by atoms with Crippen LogP contribution in [0, 0.1) is 35.5 Å². The average molecular weight is 386 g/mol. The van der Waals surface area contributed by atoms with Gasteiger partial charge < -0.3 is 9.47 Å². The van der Waals surface area contributed by atoms with E-state index in [1.54, 1.807) is 0 Å². The van der Waals surface area contributed by atoms with E-state index in [0.717, 1.165) is 12.8 Å². The van der Waals surface area contributed by atoms with E-state index in [1.165, 1.54) is 25.7 Å². The van der Waals surface area contributed by atoms with Crippen LogP contribution in [0.15, 0.2) is 0 Å². The first kappa shape index (κ1) is 21.7. The molecular weight excluding hydrogens is 348 g/mol. The fourth-order valence-corrected chi connectivity index (χ4v) is 5.45. The van der Waals surface area contributed by atoms with Gasteiger partial charge in [-0.3, -0.25) is 0 Å². The summed E-state index contributed by atoms with van der Waals surface area (Å²) in [6.45, 7) is 13.8. The summed E-state index contributed by atoms with van der Waals surface area (Å²) in [5.41, 5.74) is 0. The molecule has 0 aliphatic heterocycles. The maximum atomic E-state index is 6.71. The van der Waals surface area contributed by atoms with E-state index < -0.39 is 4.87 Å². The molecule has 2 saturated carbocycles. The van der Waals surface area contributed by atoms with Crippen molar-refractivity contribution in [3.63, 3.8) is 0 Å². The number of ether oxygens (including phenoxy) is 2. The van der Waals surface area contributed by atoms with Crippen LogP contribution in [0.1, 0.15) is 80.1 Å². The number of alkyl halides is 1. The number of rotatable bonds is 6. The van der Waals surface area contributed by atoms with Gasteiger partial charge in [0.05, 0.1) is 12.2 Å². The molecule has 0 saturated heterocycles. The zero-order valence-electron chi connectivity index (χ0n) is 17.1. The molecule has 2 aliphatic carbocycles. The Kier molecular flexibility index (Phi) is 7.89. The standard InChI is InChI=1S/C21H38ClO2Si/c1-13(2)17-9-7-15(5)11-19(17)23-21(22,25)24-20-12-16(6)8-10-18(20)14(3)4/h13-20H,7-12H2,1-6H3. The van der Waals surface area contributed by atoms with Gasteiger partial charge in [-0.25, -0.2) is 0 Å². The molecule has 0 aromatic heterocycles. The maximum Gasteiger partial charge on any atom is 0.218 e. The van der Waals surface area contributed by atoms with Crippen LogP contribution in [0.4, 0.5) is 0 Å². The van der Waals surface area contributed by atoms with Gasteiger partial charge in [0.25, 0.3) is 0 Å². The minimum Gasteiger partial charge on any atom is -0.338 e. The Balaban J connectivity index is 2.03. The highest BCUT2D eigenvalue weighted by Crippen LogP contribution is 2.41. The third kappa shape index (κ3) is 6.22. The van der Waals surface area contributed by atoms with Crippen LogP contribution >= 0.6 is 11.6 Å². The largest absolute Gasteiger partial charge is 0.338 e. The molecule has 0 bridgehead atoms. The molecule has 3 radical (unpaired) electrons. The molecule has 2 fully saturated rings. The zero-order chi connectivity index (χ0) is 18.8. The lowest BCUT2D eigenvalue weighted by Gasteiger charge is -2.44. The topological polar surface area (TPSA) is 18.5 Å². The van der Waals surface area contributed by atoms with Gasteiger partial charge in [-0.05, 0) is 61.2 Å². The van der Waals surface area contributed by atoms with E-state index in [1.807, 2.05) is 0 Å². The van der Waals surface area contributed by atoms with E-state index in [0.29, 0.717) is 35.5 Å². The third-order valence-electron chi connectivity index (χ3n) is 6.53. The molecule has 0 spiro atoms. The van der Waals surface area contributed by atoms with Crippen molar-refractivity contribution in [2.75, 3.05) is 0 Å². The Morgan fingerprint density at radius 2 is 1.16 bits per heavy atom. The first-order chi connectivity index (χ1) is 11.6. The molecule has 0 aromatic rings. The Morgan fingerprint density at radius 3 is 1.48 bits per heavy atom. The van der Waals surface area contributed by atoms with Crippen LogP contribution in [0.25, 0.3) is 0 Å². The lowest BCUT2D eigenvalue weighted by molar-refractivity contribution is -0.217. The molecular formula is C21H38ClO2Si. The van der Waals surface area contributed by atoms with Crippen LogP contribution < -0.4 is 0 Å². The van der Waals surface area contributed by atoms with E-state index in [2.05, 4.69) is 51.8 Å². The molecule has 0 N–H and O–H groups in total. The summed E-state index contributed by atoms with van der Waals surface area (Å²) in [5.74, 6) is 3.71. The smallest absolute Gasteiger partial charge is 0.218 e. The Labute approximate surface area is 164 Å². The fraction of sp³-hybridized carbons (Fsp3) is 1.00. The van der Waals surface area contributed by atoms with Crippen LogP contribution in [-0.4, -0.2) is 27.3 Å². The lowest BCUT2D eigenvalue weighted by Crippen LogP contribution is -2.46. The van der Waals surface area contributed by atoms with E-state index in [-0.39, 0.29) is 12.2 Å². The first-order valence-corrected chi connectivity index (χ1v) is 11.3. The van der Waals surface area contributed by atoms with Crippen LogP contribution in [0.3, 0.4) is 0 Å². The molecule has 2 aliphatic rings. The van der Waals surface area contributed by atoms with Gasteiger partial charge in [-0.15, -0.1) is 0 Å². The van der Waals surface area contributed by atoms with Gasteiger partial charge in [0.2, 0.25) is 4.87 Å². The second-order valence-electron chi connectivity index (χ2n) is 9.50. The summed E-state index contributed by atoms with van der Waals surface area (Å²) in [5, 5.41) is 0. The second kappa shape index (κ2) is 9.08. The van der Waals surface area contributed by atoms with Crippen molar-refractivity contribution in [3.8, 4) is 0 Å². The van der Waals surface area contributed by atoms with E-state index >= 15 is 0 Å². The van der Waals surface area contributed by atoms with Crippen LogP contribution in [-0.2, 0) is 9.47 Å². The summed E-state index contributed by atoms with van der Waals surface area (Å²) >= 11 is 6.71. The van der Waals surface area contributed by atoms with Crippen molar-refractivity contribution < 1.29 is 9.47 Å². The Bertz CT molecular complexity index is 377. The van der Waals surface area contributed by atoms with E-state index in [9.17, 15) is 0 Å². The molecule has 0 heterocycles. The Morgan fingerprint density at radius 1 is 0.800 bits per heavy atom. The van der Waals surface area contributed by atoms with Gasteiger partial charge in [-0.1, -0.05) is 66.0 Å². The minimum atomic E-state index is -1.20. The highest BCUT2D eigenvalue weighted by atomic mass is 35.5. The molecule has 25 heavy (non-hydrogen) atoms. The Hall–Kier alpha value is 0.427. The van der Waals surface area contributed by atoms with Gasteiger partial charge in [-0.2, -0.15) is 0 Å². The zero-order valence-corrected chi connectivity index (χ0v) is 18.8. The molecule has 6 atom stereocenters. The van der Waals surface area contributed by atoms with Crippen molar-refractivity contribution in [3.05, 3.63) is 0 Å². The van der Waals surface area contributed by atoms with Crippen molar-refractivity contribution in [2.24, 2.45) is 35.5 Å². The van der Waals surface area contributed by atoms with Crippen molar-refractivity contribution in [1.82, 2.24) is 0 Å². The van der Waals surface area contributed by atoms with Gasteiger partial charge in [0.1, 0.15) is 10.2 Å². The first-order valence-electron chi connectivity index (χ1n) is 10.4. The molecule has 2 rings (SSSR count). The van der Waals surface area contributed by atoms with Gasteiger partial charge in [0.15, 0.2) is 0 Å². The second-order valence-corrected chi connectivity index (χ2v) is 11.0. The van der Waals surface area contributed by atoms with Crippen molar-refractivity contribution in [2.45, 2.75) is 97.1 Å². The SMILES string of the molecule is CC1CCC(C(C)C)C(OC([Si])(Cl)OC2CC(C)CCC2C(C)C)C1. The molecule has 0 aromatic carbocycles. The summed E-state index contributed by atoms with van der Waals surface area (Å²) in [6, 6.07) is 0. The highest BCUT2D eigenvalue weighted by molar-refractivity contribution is 6.42. The predicted octanol–water partition coefficient (Wildman–Crippen LogP) is 5.96. The molecule has 0 amide bonds. The fourth-order valence-electron chi connectivity index (χ4n) is 4.92. The minimum absolute atomic E-state index is 0.164. The lowest BCUT2D eigenvalue weighted by atomic mass is 9.75. The number of hydrogen-bond donors (Lipinski definition) is 0. The quantitative estimate of drug-likeness (QED) is 0.319. The highest BCUT2D eigenvalue weighted by Gasteiger charge is 2.40. The van der Waals surface area contributed by atoms with Crippen LogP contribution in [0.2, 0.25) is 0 Å². The molecule has 6 unspecified atom stereocenters. The van der Waals surface area contributed by atoms with Gasteiger partial charge in [0, 0.05) is 0 Å². The predicted molar refractivity (Wildman–Crippen MR) is 107 cm³/mol. The van der Waals surface area contributed by atoms with Crippen molar-refractivity contribution >= 4 is 21.8 Å². The molecule has 4 heteroatoms. The third-order valence-corrected chi connectivity index (χ3v) is 6.94. The normalized spacial score (nSPS) is 39.6. The van der Waals surface area contributed by atoms with Gasteiger partial charge >= 0.3 is 0 Å². The monoisotopic (exact) mass is 385 g/mol. The van der Waals surface area contributed by atoms with Crippen molar-refractivity contribution in [1.29, 1.82) is 0 Å². The van der Waals surface area contributed by atoms with Crippen LogP contribution in [0.5, 0.6) is 0 Å². The molecule has 145 valence electrons.